The molecule has 1 aromatic heterocycles. The van der Waals surface area contributed by atoms with Crippen LogP contribution in [-0.2, 0) is 16.6 Å². The van der Waals surface area contributed by atoms with Gasteiger partial charge in [-0.05, 0) is 48.5 Å². The summed E-state index contributed by atoms with van der Waals surface area (Å²) in [5, 5.41) is 7.29. The van der Waals surface area contributed by atoms with Gasteiger partial charge in [0.05, 0.1) is 11.4 Å². The van der Waals surface area contributed by atoms with E-state index >= 15 is 0 Å². The van der Waals surface area contributed by atoms with Gasteiger partial charge in [0, 0.05) is 36.3 Å². The van der Waals surface area contributed by atoms with Gasteiger partial charge in [0.1, 0.15) is 5.69 Å². The van der Waals surface area contributed by atoms with Crippen molar-refractivity contribution in [2.45, 2.75) is 11.4 Å². The van der Waals surface area contributed by atoms with E-state index in [4.69, 9.17) is 16.1 Å². The third-order valence-electron chi connectivity index (χ3n) is 4.01. The Bertz CT molecular complexity index is 1080. The molecule has 0 saturated heterocycles. The molecule has 3 rings (SSSR count). The molecule has 2 aromatic carbocycles. The summed E-state index contributed by atoms with van der Waals surface area (Å²) in [6.45, 7) is 0.174. The Hall–Kier alpha value is -2.68. The second-order valence-electron chi connectivity index (χ2n) is 6.18. The van der Waals surface area contributed by atoms with E-state index in [1.165, 1.54) is 38.4 Å². The summed E-state index contributed by atoms with van der Waals surface area (Å²) in [7, 11) is -0.629. The third kappa shape index (κ3) is 4.41. The number of carbonyl (C=O) groups is 1. The average Bonchev–Trinajstić information content (AvgIpc) is 3.15. The second kappa shape index (κ2) is 8.14. The lowest BCUT2D eigenvalue weighted by molar-refractivity contribution is 0.0950. The molecule has 0 saturated carbocycles. The molecule has 0 spiro atoms. The molecule has 9 heteroatoms. The van der Waals surface area contributed by atoms with Crippen LogP contribution in [0.4, 0.5) is 0 Å². The second-order valence-corrected chi connectivity index (χ2v) is 8.77. The van der Waals surface area contributed by atoms with Crippen molar-refractivity contribution in [2.75, 3.05) is 14.1 Å². The molecule has 0 aliphatic heterocycles. The van der Waals surface area contributed by atoms with Crippen molar-refractivity contribution in [3.8, 4) is 11.3 Å². The first-order valence-corrected chi connectivity index (χ1v) is 10.1. The van der Waals surface area contributed by atoms with Gasteiger partial charge in [-0.25, -0.2) is 12.7 Å². The zero-order valence-corrected chi connectivity index (χ0v) is 16.8. The highest BCUT2D eigenvalue weighted by Gasteiger charge is 2.17. The summed E-state index contributed by atoms with van der Waals surface area (Å²) in [4.78, 5) is 12.4. The normalized spacial score (nSPS) is 11.6. The van der Waals surface area contributed by atoms with Gasteiger partial charge < -0.3 is 9.84 Å². The van der Waals surface area contributed by atoms with Gasteiger partial charge in [-0.3, -0.25) is 4.79 Å². The SMILES string of the molecule is CN(C)S(=O)(=O)c1ccc(C(=O)NCc2cc(-c3ccc(Cl)cc3)on2)cc1. The van der Waals surface area contributed by atoms with Gasteiger partial charge in [-0.2, -0.15) is 0 Å². The predicted molar refractivity (Wildman–Crippen MR) is 105 cm³/mol. The summed E-state index contributed by atoms with van der Waals surface area (Å²) in [6, 6.07) is 14.6. The highest BCUT2D eigenvalue weighted by Crippen LogP contribution is 2.22. The van der Waals surface area contributed by atoms with Gasteiger partial charge >= 0.3 is 0 Å². The van der Waals surface area contributed by atoms with Crippen LogP contribution < -0.4 is 5.32 Å². The molecule has 1 heterocycles. The lowest BCUT2D eigenvalue weighted by atomic mass is 10.1. The summed E-state index contributed by atoms with van der Waals surface area (Å²) < 4.78 is 30.5. The first kappa shape index (κ1) is 20.1. The molecule has 0 unspecified atom stereocenters. The number of nitrogens with zero attached hydrogens (tertiary/aromatic N) is 2. The highest BCUT2D eigenvalue weighted by molar-refractivity contribution is 7.89. The van der Waals surface area contributed by atoms with Gasteiger partial charge in [0.2, 0.25) is 10.0 Å². The first-order valence-electron chi connectivity index (χ1n) is 8.30. The maximum absolute atomic E-state index is 12.3. The Labute approximate surface area is 168 Å². The molecule has 0 aliphatic carbocycles. The Balaban J connectivity index is 1.64. The molecule has 3 aromatic rings. The van der Waals surface area contributed by atoms with E-state index in [9.17, 15) is 13.2 Å². The topological polar surface area (TPSA) is 92.5 Å². The van der Waals surface area contributed by atoms with Crippen molar-refractivity contribution in [3.05, 3.63) is 70.9 Å². The van der Waals surface area contributed by atoms with Gasteiger partial charge in [-0.15, -0.1) is 0 Å². The van der Waals surface area contributed by atoms with E-state index in [1.807, 2.05) is 12.1 Å². The van der Waals surface area contributed by atoms with Crippen LogP contribution in [0.15, 0.2) is 64.0 Å². The minimum atomic E-state index is -3.53. The van der Waals surface area contributed by atoms with Crippen LogP contribution in [0.25, 0.3) is 11.3 Å². The van der Waals surface area contributed by atoms with Crippen molar-refractivity contribution < 1.29 is 17.7 Å². The van der Waals surface area contributed by atoms with Crippen LogP contribution in [0.5, 0.6) is 0 Å². The minimum Gasteiger partial charge on any atom is -0.356 e. The van der Waals surface area contributed by atoms with E-state index in [2.05, 4.69) is 10.5 Å². The van der Waals surface area contributed by atoms with Crippen LogP contribution in [0.1, 0.15) is 16.1 Å². The zero-order valence-electron chi connectivity index (χ0n) is 15.2. The molecule has 0 fully saturated rings. The fourth-order valence-electron chi connectivity index (χ4n) is 2.41. The molecule has 0 aliphatic rings. The number of hydrogen-bond acceptors (Lipinski definition) is 5. The summed E-state index contributed by atoms with van der Waals surface area (Å²) in [5.74, 6) is 0.226. The molecular weight excluding hydrogens is 402 g/mol. The number of sulfonamides is 1. The lowest BCUT2D eigenvalue weighted by Gasteiger charge is -2.11. The minimum absolute atomic E-state index is 0.123. The number of benzene rings is 2. The number of hydrogen-bond donors (Lipinski definition) is 1. The quantitative estimate of drug-likeness (QED) is 0.662. The molecule has 1 amide bonds. The van der Waals surface area contributed by atoms with Crippen LogP contribution in [0.2, 0.25) is 5.02 Å². The number of carbonyl (C=O) groups excluding carboxylic acids is 1. The Morgan fingerprint density at radius 2 is 1.75 bits per heavy atom. The summed E-state index contributed by atoms with van der Waals surface area (Å²) in [5.41, 5.74) is 1.73. The number of aromatic nitrogens is 1. The number of halogens is 1. The van der Waals surface area contributed by atoms with Crippen molar-refractivity contribution in [1.29, 1.82) is 0 Å². The molecule has 28 heavy (non-hydrogen) atoms. The zero-order chi connectivity index (χ0) is 20.3. The molecule has 0 atom stereocenters. The Morgan fingerprint density at radius 3 is 2.36 bits per heavy atom. The lowest BCUT2D eigenvalue weighted by Crippen LogP contribution is -2.24. The first-order chi connectivity index (χ1) is 13.3. The Kier molecular flexibility index (Phi) is 5.83. The smallest absolute Gasteiger partial charge is 0.251 e. The predicted octanol–water partition coefficient (Wildman–Crippen LogP) is 3.18. The number of nitrogens with one attached hydrogen (secondary N) is 1. The number of amides is 1. The fourth-order valence-corrected chi connectivity index (χ4v) is 3.43. The van der Waals surface area contributed by atoms with Gasteiger partial charge in [0.15, 0.2) is 5.76 Å². The van der Waals surface area contributed by atoms with Crippen LogP contribution >= 0.6 is 11.6 Å². The maximum atomic E-state index is 12.3. The van der Waals surface area contributed by atoms with Crippen molar-refractivity contribution in [3.63, 3.8) is 0 Å². The molecule has 0 radical (unpaired) electrons. The molecule has 1 N–H and O–H groups in total. The van der Waals surface area contributed by atoms with E-state index < -0.39 is 10.0 Å². The van der Waals surface area contributed by atoms with Gasteiger partial charge in [0.25, 0.3) is 5.91 Å². The number of rotatable bonds is 6. The molecule has 7 nitrogen and oxygen atoms in total. The Morgan fingerprint density at radius 1 is 1.11 bits per heavy atom. The summed E-state index contributed by atoms with van der Waals surface area (Å²) >= 11 is 5.87. The molecular formula is C19H18ClN3O4S. The molecule has 0 bridgehead atoms. The fraction of sp³-hybridized carbons (Fsp3) is 0.158. The van der Waals surface area contributed by atoms with Crippen molar-refractivity contribution in [1.82, 2.24) is 14.8 Å². The average molecular weight is 420 g/mol. The summed E-state index contributed by atoms with van der Waals surface area (Å²) in [6.07, 6.45) is 0. The van der Waals surface area contributed by atoms with E-state index in [0.29, 0.717) is 22.0 Å². The third-order valence-corrected chi connectivity index (χ3v) is 6.09. The van der Waals surface area contributed by atoms with Crippen molar-refractivity contribution >= 4 is 27.5 Å². The van der Waals surface area contributed by atoms with Crippen LogP contribution in [0, 0.1) is 0 Å². The van der Waals surface area contributed by atoms with E-state index in [-0.39, 0.29) is 17.3 Å². The van der Waals surface area contributed by atoms with Crippen LogP contribution in [-0.4, -0.2) is 37.9 Å². The van der Waals surface area contributed by atoms with E-state index in [0.717, 1.165) is 9.87 Å². The van der Waals surface area contributed by atoms with Gasteiger partial charge in [-0.1, -0.05) is 16.8 Å². The van der Waals surface area contributed by atoms with Crippen molar-refractivity contribution in [2.24, 2.45) is 0 Å². The van der Waals surface area contributed by atoms with Crippen LogP contribution in [0.3, 0.4) is 0 Å². The van der Waals surface area contributed by atoms with E-state index in [1.54, 1.807) is 18.2 Å². The monoisotopic (exact) mass is 419 g/mol. The highest BCUT2D eigenvalue weighted by atomic mass is 35.5. The standard InChI is InChI=1S/C19H18ClN3O4S/c1-23(2)28(25,26)17-9-5-14(6-10-17)19(24)21-12-16-11-18(27-22-16)13-3-7-15(20)8-4-13/h3-11H,12H2,1-2H3,(H,21,24). The largest absolute Gasteiger partial charge is 0.356 e. The molecule has 146 valence electrons. The maximum Gasteiger partial charge on any atom is 0.251 e.